The van der Waals surface area contributed by atoms with E-state index in [4.69, 9.17) is 0 Å². The zero-order valence-corrected chi connectivity index (χ0v) is 10.9. The third-order valence-corrected chi connectivity index (χ3v) is 3.43. The molecule has 2 heterocycles. The molecule has 1 atom stereocenters. The summed E-state index contributed by atoms with van der Waals surface area (Å²) in [6.07, 6.45) is 2.61. The maximum absolute atomic E-state index is 11.5. The molecule has 0 spiro atoms. The van der Waals surface area contributed by atoms with Gasteiger partial charge in [-0.3, -0.25) is 4.79 Å². The van der Waals surface area contributed by atoms with Gasteiger partial charge < -0.3 is 10.4 Å². The number of carbonyl (C=O) groups is 1. The van der Waals surface area contributed by atoms with Crippen LogP contribution in [0.1, 0.15) is 26.1 Å². The standard InChI is InChI=1S/C12H20N4O2/c1-9(2)6-16-10(14-8-15-16)5-12(11(17)18)3-4-13-7-12/h8-9,13H,3-7H2,1-2H3,(H,17,18). The van der Waals surface area contributed by atoms with Crippen LogP contribution >= 0.6 is 0 Å². The Morgan fingerprint density at radius 3 is 3.00 bits per heavy atom. The molecule has 1 aromatic heterocycles. The average molecular weight is 252 g/mol. The van der Waals surface area contributed by atoms with Crippen LogP contribution in [-0.4, -0.2) is 38.9 Å². The van der Waals surface area contributed by atoms with E-state index in [0.29, 0.717) is 25.3 Å². The molecular weight excluding hydrogens is 232 g/mol. The SMILES string of the molecule is CC(C)Cn1ncnc1CC1(C(=O)O)CCNC1. The van der Waals surface area contributed by atoms with Gasteiger partial charge >= 0.3 is 5.97 Å². The summed E-state index contributed by atoms with van der Waals surface area (Å²) in [7, 11) is 0. The van der Waals surface area contributed by atoms with Crippen LogP contribution in [-0.2, 0) is 17.8 Å². The lowest BCUT2D eigenvalue weighted by Crippen LogP contribution is -2.36. The normalized spacial score (nSPS) is 23.7. The number of hydrogen-bond acceptors (Lipinski definition) is 4. The van der Waals surface area contributed by atoms with Crippen molar-refractivity contribution in [2.24, 2.45) is 11.3 Å². The highest BCUT2D eigenvalue weighted by Crippen LogP contribution is 2.29. The first-order chi connectivity index (χ1) is 8.53. The minimum absolute atomic E-state index is 0.446. The van der Waals surface area contributed by atoms with Crippen LogP contribution in [0.3, 0.4) is 0 Å². The fourth-order valence-corrected chi connectivity index (χ4v) is 2.38. The van der Waals surface area contributed by atoms with Crippen LogP contribution in [0.2, 0.25) is 0 Å². The van der Waals surface area contributed by atoms with Crippen molar-refractivity contribution >= 4 is 5.97 Å². The van der Waals surface area contributed by atoms with E-state index in [9.17, 15) is 9.90 Å². The fraction of sp³-hybridized carbons (Fsp3) is 0.750. The van der Waals surface area contributed by atoms with Crippen molar-refractivity contribution < 1.29 is 9.90 Å². The quantitative estimate of drug-likeness (QED) is 0.799. The molecule has 1 aromatic rings. The second-order valence-electron chi connectivity index (χ2n) is 5.44. The van der Waals surface area contributed by atoms with Gasteiger partial charge in [-0.2, -0.15) is 5.10 Å². The highest BCUT2D eigenvalue weighted by atomic mass is 16.4. The first kappa shape index (κ1) is 13.0. The lowest BCUT2D eigenvalue weighted by Gasteiger charge is -2.22. The van der Waals surface area contributed by atoms with Gasteiger partial charge in [-0.15, -0.1) is 0 Å². The van der Waals surface area contributed by atoms with Crippen molar-refractivity contribution in [3.63, 3.8) is 0 Å². The van der Waals surface area contributed by atoms with E-state index in [2.05, 4.69) is 29.2 Å². The summed E-state index contributed by atoms with van der Waals surface area (Å²) in [6, 6.07) is 0. The van der Waals surface area contributed by atoms with E-state index < -0.39 is 11.4 Å². The molecule has 0 aromatic carbocycles. The van der Waals surface area contributed by atoms with Crippen molar-refractivity contribution in [1.29, 1.82) is 0 Å². The molecule has 0 radical (unpaired) electrons. The van der Waals surface area contributed by atoms with Gasteiger partial charge in [0.25, 0.3) is 0 Å². The molecule has 100 valence electrons. The lowest BCUT2D eigenvalue weighted by atomic mass is 9.83. The molecule has 6 nitrogen and oxygen atoms in total. The van der Waals surface area contributed by atoms with Crippen molar-refractivity contribution in [2.45, 2.75) is 33.2 Å². The van der Waals surface area contributed by atoms with Crippen LogP contribution in [0.4, 0.5) is 0 Å². The average Bonchev–Trinajstić information content (AvgIpc) is 2.89. The number of carboxylic acids is 1. The second kappa shape index (κ2) is 5.06. The number of hydrogen-bond donors (Lipinski definition) is 2. The van der Waals surface area contributed by atoms with Crippen LogP contribution in [0.15, 0.2) is 6.33 Å². The molecule has 1 aliphatic rings. The predicted molar refractivity (Wildman–Crippen MR) is 66.1 cm³/mol. The molecule has 2 N–H and O–H groups in total. The second-order valence-corrected chi connectivity index (χ2v) is 5.44. The van der Waals surface area contributed by atoms with Crippen LogP contribution in [0.25, 0.3) is 0 Å². The molecular formula is C12H20N4O2. The Morgan fingerprint density at radius 2 is 2.44 bits per heavy atom. The molecule has 1 aliphatic heterocycles. The van der Waals surface area contributed by atoms with Gasteiger partial charge in [-0.05, 0) is 18.9 Å². The molecule has 0 aliphatic carbocycles. The molecule has 1 fully saturated rings. The Balaban J connectivity index is 2.17. The zero-order chi connectivity index (χ0) is 13.2. The number of rotatable bonds is 5. The van der Waals surface area contributed by atoms with Crippen molar-refractivity contribution in [1.82, 2.24) is 20.1 Å². The fourth-order valence-electron chi connectivity index (χ4n) is 2.38. The van der Waals surface area contributed by atoms with Crippen LogP contribution < -0.4 is 5.32 Å². The van der Waals surface area contributed by atoms with E-state index in [-0.39, 0.29) is 0 Å². The molecule has 18 heavy (non-hydrogen) atoms. The molecule has 0 saturated carbocycles. The summed E-state index contributed by atoms with van der Waals surface area (Å²) in [5.74, 6) is 0.495. The Labute approximate surface area is 106 Å². The lowest BCUT2D eigenvalue weighted by molar-refractivity contribution is -0.147. The van der Waals surface area contributed by atoms with Crippen LogP contribution in [0, 0.1) is 11.3 Å². The summed E-state index contributed by atoms with van der Waals surface area (Å²) in [4.78, 5) is 15.7. The molecule has 0 bridgehead atoms. The summed E-state index contributed by atoms with van der Waals surface area (Å²) < 4.78 is 1.83. The van der Waals surface area contributed by atoms with Crippen molar-refractivity contribution in [2.75, 3.05) is 13.1 Å². The van der Waals surface area contributed by atoms with Gasteiger partial charge in [0.15, 0.2) is 0 Å². The smallest absolute Gasteiger partial charge is 0.311 e. The van der Waals surface area contributed by atoms with Gasteiger partial charge in [-0.1, -0.05) is 13.8 Å². The van der Waals surface area contributed by atoms with E-state index in [0.717, 1.165) is 18.9 Å². The highest BCUT2D eigenvalue weighted by Gasteiger charge is 2.42. The van der Waals surface area contributed by atoms with Crippen LogP contribution in [0.5, 0.6) is 0 Å². The zero-order valence-electron chi connectivity index (χ0n) is 10.9. The van der Waals surface area contributed by atoms with E-state index in [1.54, 1.807) is 0 Å². The topological polar surface area (TPSA) is 80.0 Å². The Kier molecular flexibility index (Phi) is 3.65. The van der Waals surface area contributed by atoms with Crippen molar-refractivity contribution in [3.05, 3.63) is 12.2 Å². The summed E-state index contributed by atoms with van der Waals surface area (Å²) >= 11 is 0. The largest absolute Gasteiger partial charge is 0.481 e. The Bertz CT molecular complexity index is 421. The Hall–Kier alpha value is -1.43. The van der Waals surface area contributed by atoms with Gasteiger partial charge in [0.2, 0.25) is 0 Å². The number of aromatic nitrogens is 3. The summed E-state index contributed by atoms with van der Waals surface area (Å²) in [5.41, 5.74) is -0.720. The predicted octanol–water partition coefficient (Wildman–Crippen LogP) is 0.541. The van der Waals surface area contributed by atoms with Gasteiger partial charge in [0, 0.05) is 19.5 Å². The summed E-state index contributed by atoms with van der Waals surface area (Å²) in [6.45, 7) is 6.26. The first-order valence-corrected chi connectivity index (χ1v) is 6.34. The number of aliphatic carboxylic acids is 1. The third-order valence-electron chi connectivity index (χ3n) is 3.43. The maximum Gasteiger partial charge on any atom is 0.311 e. The maximum atomic E-state index is 11.5. The Morgan fingerprint density at radius 1 is 1.67 bits per heavy atom. The molecule has 0 amide bonds. The first-order valence-electron chi connectivity index (χ1n) is 6.34. The summed E-state index contributed by atoms with van der Waals surface area (Å²) in [5, 5.41) is 16.7. The van der Waals surface area contributed by atoms with Gasteiger partial charge in [-0.25, -0.2) is 9.67 Å². The molecule has 6 heteroatoms. The number of nitrogens with one attached hydrogen (secondary N) is 1. The molecule has 1 saturated heterocycles. The van der Waals surface area contributed by atoms with Crippen molar-refractivity contribution in [3.8, 4) is 0 Å². The molecule has 1 unspecified atom stereocenters. The minimum atomic E-state index is -0.744. The number of nitrogens with zero attached hydrogens (tertiary/aromatic N) is 3. The third kappa shape index (κ3) is 2.53. The van der Waals surface area contributed by atoms with Gasteiger partial charge in [0.05, 0.1) is 5.41 Å². The van der Waals surface area contributed by atoms with E-state index in [1.807, 2.05) is 4.68 Å². The monoisotopic (exact) mass is 252 g/mol. The van der Waals surface area contributed by atoms with Gasteiger partial charge in [0.1, 0.15) is 12.2 Å². The minimum Gasteiger partial charge on any atom is -0.481 e. The highest BCUT2D eigenvalue weighted by molar-refractivity contribution is 5.75. The molecule has 2 rings (SSSR count). The number of carboxylic acid groups (broad SMARTS) is 1. The van der Waals surface area contributed by atoms with E-state index >= 15 is 0 Å². The van der Waals surface area contributed by atoms with E-state index in [1.165, 1.54) is 6.33 Å².